The van der Waals surface area contributed by atoms with Crippen molar-refractivity contribution in [3.05, 3.63) is 34.1 Å². The topological polar surface area (TPSA) is 52.3 Å². The first-order valence-corrected chi connectivity index (χ1v) is 6.92. The van der Waals surface area contributed by atoms with Gasteiger partial charge in [-0.1, -0.05) is 35.8 Å². The molecule has 0 aromatic heterocycles. The summed E-state index contributed by atoms with van der Waals surface area (Å²) < 4.78 is 18.5. The average molecular weight is 332 g/mol. The molecule has 0 saturated heterocycles. The van der Waals surface area contributed by atoms with Crippen molar-refractivity contribution < 1.29 is 13.9 Å². The van der Waals surface area contributed by atoms with E-state index in [0.717, 1.165) is 5.56 Å². The predicted molar refractivity (Wildman–Crippen MR) is 76.4 cm³/mol. The summed E-state index contributed by atoms with van der Waals surface area (Å²) in [6.45, 7) is 3.85. The third-order valence-electron chi connectivity index (χ3n) is 3.54. The Kier molecular flexibility index (Phi) is 5.50. The van der Waals surface area contributed by atoms with Crippen molar-refractivity contribution in [3.63, 3.8) is 0 Å². The summed E-state index contributed by atoms with van der Waals surface area (Å²) >= 11 is 3.34. The van der Waals surface area contributed by atoms with Crippen molar-refractivity contribution in [1.82, 2.24) is 0 Å². The fourth-order valence-electron chi connectivity index (χ4n) is 2.20. The Morgan fingerprint density at radius 2 is 2.21 bits per heavy atom. The molecule has 0 aliphatic rings. The summed E-state index contributed by atoms with van der Waals surface area (Å²) in [4.78, 5) is 11.6. The third kappa shape index (κ3) is 3.54. The van der Waals surface area contributed by atoms with E-state index in [0.29, 0.717) is 10.9 Å². The molecule has 0 aliphatic carbocycles. The van der Waals surface area contributed by atoms with Crippen molar-refractivity contribution in [2.75, 3.05) is 7.11 Å². The first-order chi connectivity index (χ1) is 8.85. The molecule has 5 heteroatoms. The van der Waals surface area contributed by atoms with Crippen molar-refractivity contribution in [2.45, 2.75) is 38.1 Å². The second-order valence-electron chi connectivity index (χ2n) is 4.81. The Morgan fingerprint density at radius 1 is 1.58 bits per heavy atom. The van der Waals surface area contributed by atoms with E-state index in [-0.39, 0.29) is 24.2 Å². The lowest BCUT2D eigenvalue weighted by Gasteiger charge is -2.35. The number of halogens is 2. The van der Waals surface area contributed by atoms with E-state index in [4.69, 9.17) is 10.5 Å². The van der Waals surface area contributed by atoms with Gasteiger partial charge in [0.05, 0.1) is 13.5 Å². The Hall–Kier alpha value is -0.940. The van der Waals surface area contributed by atoms with Gasteiger partial charge in [0.25, 0.3) is 0 Å². The number of carbonyl (C=O) groups excluding carboxylic acids is 1. The van der Waals surface area contributed by atoms with Crippen LogP contribution in [-0.2, 0) is 14.9 Å². The molecule has 3 nitrogen and oxygen atoms in total. The highest BCUT2D eigenvalue weighted by molar-refractivity contribution is 9.10. The van der Waals surface area contributed by atoms with Crippen LogP contribution in [0.4, 0.5) is 4.39 Å². The number of rotatable bonds is 5. The minimum atomic E-state index is -0.603. The van der Waals surface area contributed by atoms with E-state index in [2.05, 4.69) is 15.9 Å². The molecule has 1 aromatic carbocycles. The molecule has 2 N–H and O–H groups in total. The van der Waals surface area contributed by atoms with Gasteiger partial charge in [0, 0.05) is 15.9 Å². The Bertz CT molecular complexity index is 467. The van der Waals surface area contributed by atoms with Gasteiger partial charge in [-0.2, -0.15) is 0 Å². The molecule has 0 radical (unpaired) electrons. The van der Waals surface area contributed by atoms with Gasteiger partial charge < -0.3 is 10.5 Å². The SMILES string of the molecule is CCC(N)C(C)(CC(=O)OC)c1ccc(F)cc1Br. The normalized spacial score (nSPS) is 15.7. The molecule has 2 unspecified atom stereocenters. The van der Waals surface area contributed by atoms with E-state index in [9.17, 15) is 9.18 Å². The monoisotopic (exact) mass is 331 g/mol. The minimum Gasteiger partial charge on any atom is -0.469 e. The van der Waals surface area contributed by atoms with Crippen LogP contribution in [0, 0.1) is 5.82 Å². The standard InChI is InChI=1S/C14H19BrFNO2/c1-4-12(17)14(2,8-13(18)19-3)10-6-5-9(16)7-11(10)15/h5-7,12H,4,8,17H2,1-3H3. The van der Waals surface area contributed by atoms with Crippen molar-refractivity contribution in [2.24, 2.45) is 5.73 Å². The maximum Gasteiger partial charge on any atom is 0.306 e. The molecule has 0 aliphatic heterocycles. The molecular formula is C14H19BrFNO2. The summed E-state index contributed by atoms with van der Waals surface area (Å²) in [5, 5.41) is 0. The van der Waals surface area contributed by atoms with E-state index in [1.54, 1.807) is 6.07 Å². The molecule has 0 fully saturated rings. The van der Waals surface area contributed by atoms with Crippen LogP contribution >= 0.6 is 15.9 Å². The molecule has 0 heterocycles. The summed E-state index contributed by atoms with van der Waals surface area (Å²) in [6.07, 6.45) is 0.861. The molecule has 2 atom stereocenters. The van der Waals surface area contributed by atoms with E-state index < -0.39 is 5.41 Å². The summed E-state index contributed by atoms with van der Waals surface area (Å²) in [7, 11) is 1.35. The number of nitrogens with two attached hydrogens (primary N) is 1. The average Bonchev–Trinajstić information content (AvgIpc) is 2.37. The number of esters is 1. The van der Waals surface area contributed by atoms with Gasteiger partial charge in [0.2, 0.25) is 0 Å². The summed E-state index contributed by atoms with van der Waals surface area (Å²) in [6, 6.07) is 4.19. The fraction of sp³-hybridized carbons (Fsp3) is 0.500. The quantitative estimate of drug-likeness (QED) is 0.843. The fourth-order valence-corrected chi connectivity index (χ4v) is 3.00. The van der Waals surface area contributed by atoms with Crippen LogP contribution in [0.2, 0.25) is 0 Å². The van der Waals surface area contributed by atoms with Crippen LogP contribution in [0.5, 0.6) is 0 Å². The Morgan fingerprint density at radius 3 is 2.68 bits per heavy atom. The zero-order valence-electron chi connectivity index (χ0n) is 11.4. The van der Waals surface area contributed by atoms with Crippen molar-refractivity contribution in [3.8, 4) is 0 Å². The van der Waals surface area contributed by atoms with Gasteiger partial charge in [-0.3, -0.25) is 4.79 Å². The first-order valence-electron chi connectivity index (χ1n) is 6.13. The van der Waals surface area contributed by atoms with Gasteiger partial charge in [-0.25, -0.2) is 4.39 Å². The lowest BCUT2D eigenvalue weighted by Crippen LogP contribution is -2.44. The van der Waals surface area contributed by atoms with Gasteiger partial charge in [0.15, 0.2) is 0 Å². The highest BCUT2D eigenvalue weighted by atomic mass is 79.9. The first kappa shape index (κ1) is 16.1. The number of hydrogen-bond donors (Lipinski definition) is 1. The number of ether oxygens (including phenoxy) is 1. The number of carbonyl (C=O) groups is 1. The maximum absolute atomic E-state index is 13.2. The van der Waals surface area contributed by atoms with Gasteiger partial charge >= 0.3 is 5.97 Å². The lowest BCUT2D eigenvalue weighted by atomic mass is 9.72. The van der Waals surface area contributed by atoms with Gasteiger partial charge in [-0.15, -0.1) is 0 Å². The Balaban J connectivity index is 3.26. The third-order valence-corrected chi connectivity index (χ3v) is 4.20. The summed E-state index contributed by atoms with van der Waals surface area (Å²) in [5.74, 6) is -0.663. The molecule has 0 saturated carbocycles. The largest absolute Gasteiger partial charge is 0.469 e. The molecule has 0 amide bonds. The van der Waals surface area contributed by atoms with Crippen molar-refractivity contribution in [1.29, 1.82) is 0 Å². The maximum atomic E-state index is 13.2. The molecule has 1 aromatic rings. The van der Waals surface area contributed by atoms with Crippen LogP contribution in [0.25, 0.3) is 0 Å². The number of benzene rings is 1. The zero-order chi connectivity index (χ0) is 14.6. The highest BCUT2D eigenvalue weighted by Gasteiger charge is 2.37. The van der Waals surface area contributed by atoms with Crippen LogP contribution in [0.15, 0.2) is 22.7 Å². The summed E-state index contributed by atoms with van der Waals surface area (Å²) in [5.41, 5.74) is 6.38. The molecule has 0 spiro atoms. The highest BCUT2D eigenvalue weighted by Crippen LogP contribution is 2.37. The van der Waals surface area contributed by atoms with Crippen LogP contribution in [0.3, 0.4) is 0 Å². The minimum absolute atomic E-state index is 0.155. The molecule has 106 valence electrons. The molecule has 1 rings (SSSR count). The van der Waals surface area contributed by atoms with Gasteiger partial charge in [0.1, 0.15) is 5.82 Å². The lowest BCUT2D eigenvalue weighted by molar-refractivity contribution is -0.142. The van der Waals surface area contributed by atoms with Crippen LogP contribution in [-0.4, -0.2) is 19.1 Å². The zero-order valence-corrected chi connectivity index (χ0v) is 13.0. The van der Waals surface area contributed by atoms with Crippen LogP contribution in [0.1, 0.15) is 32.3 Å². The van der Waals surface area contributed by atoms with Crippen LogP contribution < -0.4 is 5.73 Å². The second kappa shape index (κ2) is 6.48. The number of methoxy groups -OCH3 is 1. The second-order valence-corrected chi connectivity index (χ2v) is 5.66. The van der Waals surface area contributed by atoms with E-state index in [1.807, 2.05) is 13.8 Å². The molecule has 19 heavy (non-hydrogen) atoms. The predicted octanol–water partition coefficient (Wildman–Crippen LogP) is 3.15. The van der Waals surface area contributed by atoms with Gasteiger partial charge in [-0.05, 0) is 24.1 Å². The van der Waals surface area contributed by atoms with E-state index in [1.165, 1.54) is 19.2 Å². The molecular weight excluding hydrogens is 313 g/mol. The van der Waals surface area contributed by atoms with E-state index >= 15 is 0 Å². The van der Waals surface area contributed by atoms with Crippen molar-refractivity contribution >= 4 is 21.9 Å². The Labute approximate surface area is 121 Å². The smallest absolute Gasteiger partial charge is 0.306 e. The number of hydrogen-bond acceptors (Lipinski definition) is 3. The molecule has 0 bridgehead atoms.